The molecule has 0 saturated carbocycles. The van der Waals surface area contributed by atoms with E-state index >= 15 is 0 Å². The number of nitrogen functional groups attached to an aromatic ring is 1. The molecule has 0 aliphatic rings. The number of nitrogens with zero attached hydrogens (tertiary/aromatic N) is 4. The highest BCUT2D eigenvalue weighted by molar-refractivity contribution is 5.46. The molecular weight excluding hydrogens is 178 g/mol. The van der Waals surface area contributed by atoms with Gasteiger partial charge in [0.1, 0.15) is 6.33 Å². The predicted molar refractivity (Wildman–Crippen MR) is 53.0 cm³/mol. The van der Waals surface area contributed by atoms with Crippen molar-refractivity contribution in [3.05, 3.63) is 30.1 Å². The van der Waals surface area contributed by atoms with Gasteiger partial charge in [-0.25, -0.2) is 15.0 Å². The van der Waals surface area contributed by atoms with E-state index in [1.807, 2.05) is 18.4 Å². The number of imidazole rings is 1. The standard InChI is InChI=1S/C9H11N5/c1-6-7(2)14(5-13-6)9-8(10)11-3-4-12-9/h3-5H,1-2H3,(H2,10,11). The molecule has 2 N–H and O–H groups in total. The predicted octanol–water partition coefficient (Wildman–Crippen LogP) is 0.861. The number of anilines is 1. The van der Waals surface area contributed by atoms with Crippen LogP contribution in [0, 0.1) is 13.8 Å². The molecule has 2 rings (SSSR count). The molecule has 0 unspecified atom stereocenters. The minimum atomic E-state index is 0.410. The molecule has 0 aromatic carbocycles. The van der Waals surface area contributed by atoms with Crippen LogP contribution in [0.15, 0.2) is 18.7 Å². The van der Waals surface area contributed by atoms with Crippen molar-refractivity contribution < 1.29 is 0 Å². The Hall–Kier alpha value is -1.91. The van der Waals surface area contributed by atoms with Crippen molar-refractivity contribution in [3.8, 4) is 5.82 Å². The third kappa shape index (κ3) is 1.22. The van der Waals surface area contributed by atoms with Crippen molar-refractivity contribution in [3.63, 3.8) is 0 Å². The van der Waals surface area contributed by atoms with E-state index in [0.717, 1.165) is 11.4 Å². The Bertz CT molecular complexity index is 460. The zero-order valence-electron chi connectivity index (χ0n) is 8.10. The van der Waals surface area contributed by atoms with Gasteiger partial charge < -0.3 is 5.73 Å². The summed E-state index contributed by atoms with van der Waals surface area (Å²) in [7, 11) is 0. The molecule has 0 bridgehead atoms. The molecule has 0 amide bonds. The highest BCUT2D eigenvalue weighted by Crippen LogP contribution is 2.14. The Labute approximate surface area is 81.6 Å². The molecule has 0 aliphatic carbocycles. The third-order valence-corrected chi connectivity index (χ3v) is 2.19. The topological polar surface area (TPSA) is 69.6 Å². The van der Waals surface area contributed by atoms with Gasteiger partial charge in [0.25, 0.3) is 0 Å². The smallest absolute Gasteiger partial charge is 0.181 e. The van der Waals surface area contributed by atoms with Crippen LogP contribution < -0.4 is 5.73 Å². The van der Waals surface area contributed by atoms with Gasteiger partial charge in [-0.1, -0.05) is 0 Å². The molecule has 72 valence electrons. The van der Waals surface area contributed by atoms with Crippen molar-refractivity contribution in [1.82, 2.24) is 19.5 Å². The molecule has 0 saturated heterocycles. The molecule has 2 heterocycles. The Morgan fingerprint density at radius 2 is 1.86 bits per heavy atom. The van der Waals surface area contributed by atoms with Gasteiger partial charge in [-0.05, 0) is 13.8 Å². The zero-order chi connectivity index (χ0) is 10.1. The lowest BCUT2D eigenvalue weighted by molar-refractivity contribution is 0.939. The van der Waals surface area contributed by atoms with E-state index in [1.165, 1.54) is 0 Å². The van der Waals surface area contributed by atoms with Crippen LogP contribution in [-0.4, -0.2) is 19.5 Å². The maximum Gasteiger partial charge on any atom is 0.181 e. The minimum Gasteiger partial charge on any atom is -0.381 e. The van der Waals surface area contributed by atoms with Gasteiger partial charge in [0.2, 0.25) is 0 Å². The third-order valence-electron chi connectivity index (χ3n) is 2.19. The summed E-state index contributed by atoms with van der Waals surface area (Å²) in [6, 6.07) is 0. The van der Waals surface area contributed by atoms with Crippen LogP contribution in [0.5, 0.6) is 0 Å². The molecule has 0 radical (unpaired) electrons. The number of nitrogens with two attached hydrogens (primary N) is 1. The van der Waals surface area contributed by atoms with Gasteiger partial charge in [-0.2, -0.15) is 0 Å². The van der Waals surface area contributed by atoms with Gasteiger partial charge in [0.15, 0.2) is 11.6 Å². The number of rotatable bonds is 1. The van der Waals surface area contributed by atoms with E-state index in [0.29, 0.717) is 11.6 Å². The van der Waals surface area contributed by atoms with E-state index < -0.39 is 0 Å². The van der Waals surface area contributed by atoms with Crippen LogP contribution in [-0.2, 0) is 0 Å². The second kappa shape index (κ2) is 3.10. The van der Waals surface area contributed by atoms with E-state index in [1.54, 1.807) is 18.7 Å². The zero-order valence-corrected chi connectivity index (χ0v) is 8.10. The van der Waals surface area contributed by atoms with Crippen LogP contribution in [0.3, 0.4) is 0 Å². The number of hydrogen-bond donors (Lipinski definition) is 1. The molecule has 0 spiro atoms. The van der Waals surface area contributed by atoms with Gasteiger partial charge in [-0.15, -0.1) is 0 Å². The fourth-order valence-electron chi connectivity index (χ4n) is 1.24. The van der Waals surface area contributed by atoms with Gasteiger partial charge in [0, 0.05) is 18.1 Å². The lowest BCUT2D eigenvalue weighted by atomic mass is 10.4. The van der Waals surface area contributed by atoms with E-state index in [9.17, 15) is 0 Å². The average molecular weight is 189 g/mol. The summed E-state index contributed by atoms with van der Waals surface area (Å²) in [6.45, 7) is 3.91. The Morgan fingerprint density at radius 3 is 2.43 bits per heavy atom. The molecular formula is C9H11N5. The largest absolute Gasteiger partial charge is 0.381 e. The van der Waals surface area contributed by atoms with Crippen LogP contribution >= 0.6 is 0 Å². The Balaban J connectivity index is 2.60. The monoisotopic (exact) mass is 189 g/mol. The van der Waals surface area contributed by atoms with Crippen LogP contribution in [0.2, 0.25) is 0 Å². The summed E-state index contributed by atoms with van der Waals surface area (Å²) in [5.41, 5.74) is 7.70. The van der Waals surface area contributed by atoms with Crippen LogP contribution in [0.25, 0.3) is 5.82 Å². The maximum atomic E-state index is 5.71. The normalized spacial score (nSPS) is 10.4. The minimum absolute atomic E-state index is 0.410. The molecule has 2 aromatic heterocycles. The van der Waals surface area contributed by atoms with E-state index in [2.05, 4.69) is 15.0 Å². The van der Waals surface area contributed by atoms with Crippen LogP contribution in [0.4, 0.5) is 5.82 Å². The Morgan fingerprint density at radius 1 is 1.14 bits per heavy atom. The van der Waals surface area contributed by atoms with Crippen molar-refractivity contribution in [1.29, 1.82) is 0 Å². The first-order valence-electron chi connectivity index (χ1n) is 4.27. The molecule has 2 aromatic rings. The van der Waals surface area contributed by atoms with Gasteiger partial charge in [0.05, 0.1) is 5.69 Å². The summed E-state index contributed by atoms with van der Waals surface area (Å²) in [5, 5.41) is 0. The first kappa shape index (κ1) is 8.68. The number of hydrogen-bond acceptors (Lipinski definition) is 4. The lowest BCUT2D eigenvalue weighted by Crippen LogP contribution is -2.04. The fourth-order valence-corrected chi connectivity index (χ4v) is 1.24. The second-order valence-electron chi connectivity index (χ2n) is 3.05. The van der Waals surface area contributed by atoms with Crippen molar-refractivity contribution in [2.24, 2.45) is 0 Å². The van der Waals surface area contributed by atoms with Gasteiger partial charge >= 0.3 is 0 Å². The fraction of sp³-hybridized carbons (Fsp3) is 0.222. The maximum absolute atomic E-state index is 5.71. The molecule has 0 fully saturated rings. The van der Waals surface area contributed by atoms with E-state index in [-0.39, 0.29) is 0 Å². The number of aryl methyl sites for hydroxylation is 1. The van der Waals surface area contributed by atoms with Crippen molar-refractivity contribution in [2.75, 3.05) is 5.73 Å². The van der Waals surface area contributed by atoms with Crippen molar-refractivity contribution >= 4 is 5.82 Å². The summed E-state index contributed by atoms with van der Waals surface area (Å²) in [4.78, 5) is 12.3. The summed E-state index contributed by atoms with van der Waals surface area (Å²) in [6.07, 6.45) is 4.88. The molecule has 5 nitrogen and oxygen atoms in total. The van der Waals surface area contributed by atoms with Gasteiger partial charge in [-0.3, -0.25) is 4.57 Å². The highest BCUT2D eigenvalue weighted by atomic mass is 15.1. The van der Waals surface area contributed by atoms with E-state index in [4.69, 9.17) is 5.73 Å². The second-order valence-corrected chi connectivity index (χ2v) is 3.05. The average Bonchev–Trinajstić information content (AvgIpc) is 2.49. The number of aromatic nitrogens is 4. The summed E-state index contributed by atoms with van der Waals surface area (Å²) < 4.78 is 1.83. The molecule has 14 heavy (non-hydrogen) atoms. The highest BCUT2D eigenvalue weighted by Gasteiger charge is 2.08. The lowest BCUT2D eigenvalue weighted by Gasteiger charge is -2.05. The van der Waals surface area contributed by atoms with Crippen molar-refractivity contribution in [2.45, 2.75) is 13.8 Å². The SMILES string of the molecule is Cc1ncn(-c2nccnc2N)c1C. The first-order chi connectivity index (χ1) is 6.70. The molecule has 0 aliphatic heterocycles. The Kier molecular flexibility index (Phi) is 1.92. The first-order valence-corrected chi connectivity index (χ1v) is 4.27. The summed E-state index contributed by atoms with van der Waals surface area (Å²) in [5.74, 6) is 1.04. The molecule has 0 atom stereocenters. The molecule has 5 heteroatoms. The summed E-state index contributed by atoms with van der Waals surface area (Å²) >= 11 is 0. The quantitative estimate of drug-likeness (QED) is 0.722. The van der Waals surface area contributed by atoms with Crippen LogP contribution in [0.1, 0.15) is 11.4 Å².